The van der Waals surface area contributed by atoms with Gasteiger partial charge in [-0.25, -0.2) is 8.42 Å². The van der Waals surface area contributed by atoms with Gasteiger partial charge in [0.05, 0.1) is 15.7 Å². The van der Waals surface area contributed by atoms with Gasteiger partial charge in [0.15, 0.2) is 0 Å². The molecule has 0 radical (unpaired) electrons. The van der Waals surface area contributed by atoms with Crippen molar-refractivity contribution in [2.75, 3.05) is 24.5 Å². The molecule has 2 heterocycles. The SMILES string of the molecule is O=C(C1CCCN(S(=O)(=O)c2ccc([N+](=O)[O-])cc2)C1)N1CCCc2ccccc21. The molecule has 4 rings (SSSR count). The lowest BCUT2D eigenvalue weighted by Crippen LogP contribution is -2.48. The molecule has 30 heavy (non-hydrogen) atoms. The van der Waals surface area contributed by atoms with E-state index in [1.165, 1.54) is 28.6 Å². The number of carbonyl (C=O) groups excluding carboxylic acids is 1. The fraction of sp³-hybridized carbons (Fsp3) is 0.381. The highest BCUT2D eigenvalue weighted by Crippen LogP contribution is 2.31. The Labute approximate surface area is 175 Å². The standard InChI is InChI=1S/C21H23N3O5S/c25-21(23-14-4-6-16-5-1-2-8-20(16)23)17-7-3-13-22(15-17)30(28,29)19-11-9-18(10-12-19)24(26)27/h1-2,5,8-12,17H,3-4,6-7,13-15H2. The molecule has 1 fully saturated rings. The van der Waals surface area contributed by atoms with Gasteiger partial charge in [0, 0.05) is 37.5 Å². The Hall–Kier alpha value is -2.78. The first kappa shape index (κ1) is 20.5. The minimum absolute atomic E-state index is 0.00418. The van der Waals surface area contributed by atoms with Crippen LogP contribution in [0.1, 0.15) is 24.8 Å². The van der Waals surface area contributed by atoms with Crippen LogP contribution in [-0.4, -0.2) is 43.2 Å². The number of anilines is 1. The number of non-ortho nitro benzene ring substituents is 1. The first-order valence-corrected chi connectivity index (χ1v) is 11.5. The normalized spacial score (nSPS) is 19.9. The van der Waals surface area contributed by atoms with Crippen LogP contribution in [0.15, 0.2) is 53.4 Å². The van der Waals surface area contributed by atoms with Crippen LogP contribution in [0.5, 0.6) is 0 Å². The maximum Gasteiger partial charge on any atom is 0.269 e. The van der Waals surface area contributed by atoms with E-state index in [2.05, 4.69) is 0 Å². The van der Waals surface area contributed by atoms with Crippen molar-refractivity contribution in [1.29, 1.82) is 0 Å². The van der Waals surface area contributed by atoms with Crippen molar-refractivity contribution in [3.8, 4) is 0 Å². The number of aryl methyl sites for hydroxylation is 1. The Bertz CT molecular complexity index is 1070. The third-order valence-corrected chi connectivity index (χ3v) is 7.67. The maximum atomic E-state index is 13.3. The molecule has 1 unspecified atom stereocenters. The van der Waals surface area contributed by atoms with Gasteiger partial charge >= 0.3 is 0 Å². The van der Waals surface area contributed by atoms with E-state index in [-0.39, 0.29) is 23.0 Å². The van der Waals surface area contributed by atoms with Crippen LogP contribution in [0.3, 0.4) is 0 Å². The third kappa shape index (κ3) is 3.82. The second-order valence-electron chi connectivity index (χ2n) is 7.68. The van der Waals surface area contributed by atoms with Gasteiger partial charge in [0.2, 0.25) is 15.9 Å². The van der Waals surface area contributed by atoms with Gasteiger partial charge < -0.3 is 4.90 Å². The summed E-state index contributed by atoms with van der Waals surface area (Å²) >= 11 is 0. The van der Waals surface area contributed by atoms with E-state index < -0.39 is 20.9 Å². The largest absolute Gasteiger partial charge is 0.312 e. The Kier molecular flexibility index (Phi) is 5.57. The first-order valence-electron chi connectivity index (χ1n) is 10.0. The summed E-state index contributed by atoms with van der Waals surface area (Å²) in [6, 6.07) is 12.7. The second-order valence-corrected chi connectivity index (χ2v) is 9.61. The van der Waals surface area contributed by atoms with Gasteiger partial charge in [0.1, 0.15) is 0 Å². The molecule has 0 aliphatic carbocycles. The van der Waals surface area contributed by atoms with Gasteiger partial charge in [-0.2, -0.15) is 4.31 Å². The molecule has 158 valence electrons. The number of hydrogen-bond donors (Lipinski definition) is 0. The lowest BCUT2D eigenvalue weighted by Gasteiger charge is -2.36. The molecule has 0 saturated carbocycles. The molecule has 1 saturated heterocycles. The maximum absolute atomic E-state index is 13.3. The van der Waals surface area contributed by atoms with E-state index in [9.17, 15) is 23.3 Å². The number of piperidine rings is 1. The second kappa shape index (κ2) is 8.16. The van der Waals surface area contributed by atoms with Crippen LogP contribution >= 0.6 is 0 Å². The number of amides is 1. The molecule has 0 bridgehead atoms. The van der Waals surface area contributed by atoms with E-state index in [4.69, 9.17) is 0 Å². The van der Waals surface area contributed by atoms with Gasteiger partial charge in [0.25, 0.3) is 5.69 Å². The Balaban J connectivity index is 1.53. The van der Waals surface area contributed by atoms with Crippen molar-refractivity contribution in [3.63, 3.8) is 0 Å². The summed E-state index contributed by atoms with van der Waals surface area (Å²) in [5, 5.41) is 10.8. The van der Waals surface area contributed by atoms with Crippen molar-refractivity contribution in [3.05, 3.63) is 64.2 Å². The van der Waals surface area contributed by atoms with Crippen LogP contribution in [0.2, 0.25) is 0 Å². The molecule has 1 atom stereocenters. The lowest BCUT2D eigenvalue weighted by molar-refractivity contribution is -0.384. The molecule has 0 aromatic heterocycles. The molecule has 2 aromatic carbocycles. The summed E-state index contributed by atoms with van der Waals surface area (Å²) in [5.74, 6) is -0.441. The molecule has 2 aliphatic heterocycles. The highest BCUT2D eigenvalue weighted by molar-refractivity contribution is 7.89. The Morgan fingerprint density at radius 3 is 2.50 bits per heavy atom. The van der Waals surface area contributed by atoms with Crippen LogP contribution in [0, 0.1) is 16.0 Å². The molecule has 0 N–H and O–H groups in total. The quantitative estimate of drug-likeness (QED) is 0.549. The minimum atomic E-state index is -3.82. The zero-order valence-electron chi connectivity index (χ0n) is 16.4. The number of nitrogens with zero attached hydrogens (tertiary/aromatic N) is 3. The van der Waals surface area contributed by atoms with Gasteiger partial charge in [-0.05, 0) is 49.4 Å². The number of benzene rings is 2. The predicted molar refractivity (Wildman–Crippen MR) is 112 cm³/mol. The Morgan fingerprint density at radius 2 is 1.77 bits per heavy atom. The number of rotatable bonds is 4. The summed E-state index contributed by atoms with van der Waals surface area (Å²) < 4.78 is 27.4. The average Bonchev–Trinajstić information content (AvgIpc) is 2.78. The van der Waals surface area contributed by atoms with Crippen molar-refractivity contribution >= 4 is 27.3 Å². The Morgan fingerprint density at radius 1 is 1.03 bits per heavy atom. The number of sulfonamides is 1. The number of carbonyl (C=O) groups is 1. The fourth-order valence-electron chi connectivity index (χ4n) is 4.23. The van der Waals surface area contributed by atoms with E-state index in [0.717, 1.165) is 24.1 Å². The van der Waals surface area contributed by atoms with E-state index in [1.807, 2.05) is 24.3 Å². The highest BCUT2D eigenvalue weighted by Gasteiger charge is 2.36. The lowest BCUT2D eigenvalue weighted by atomic mass is 9.95. The highest BCUT2D eigenvalue weighted by atomic mass is 32.2. The van der Waals surface area contributed by atoms with Crippen molar-refractivity contribution < 1.29 is 18.1 Å². The van der Waals surface area contributed by atoms with Gasteiger partial charge in [-0.15, -0.1) is 0 Å². The van der Waals surface area contributed by atoms with Crippen molar-refractivity contribution in [1.82, 2.24) is 4.31 Å². The van der Waals surface area contributed by atoms with Crippen molar-refractivity contribution in [2.24, 2.45) is 5.92 Å². The summed E-state index contributed by atoms with van der Waals surface area (Å²) in [6.45, 7) is 1.10. The van der Waals surface area contributed by atoms with Gasteiger partial charge in [-0.1, -0.05) is 18.2 Å². The van der Waals surface area contributed by atoms with Gasteiger partial charge in [-0.3, -0.25) is 14.9 Å². The van der Waals surface area contributed by atoms with Crippen LogP contribution in [0.4, 0.5) is 11.4 Å². The third-order valence-electron chi connectivity index (χ3n) is 5.79. The summed E-state index contributed by atoms with van der Waals surface area (Å²) in [4.78, 5) is 25.3. The zero-order valence-corrected chi connectivity index (χ0v) is 17.3. The van der Waals surface area contributed by atoms with E-state index in [1.54, 1.807) is 4.90 Å². The topological polar surface area (TPSA) is 101 Å². The summed E-state index contributed by atoms with van der Waals surface area (Å²) in [7, 11) is -3.82. The molecule has 9 heteroatoms. The molecule has 0 spiro atoms. The summed E-state index contributed by atoms with van der Waals surface area (Å²) in [6.07, 6.45) is 3.06. The molecule has 1 amide bonds. The predicted octanol–water partition coefficient (Wildman–Crippen LogP) is 2.97. The molecular formula is C21H23N3O5S. The number of hydrogen-bond acceptors (Lipinski definition) is 5. The molecule has 2 aliphatic rings. The molecular weight excluding hydrogens is 406 g/mol. The number of para-hydroxylation sites is 1. The molecule has 8 nitrogen and oxygen atoms in total. The average molecular weight is 429 g/mol. The first-order chi connectivity index (χ1) is 14.4. The number of nitro benzene ring substituents is 1. The number of nitro groups is 1. The number of fused-ring (bicyclic) bond motifs is 1. The van der Waals surface area contributed by atoms with E-state index in [0.29, 0.717) is 25.9 Å². The zero-order chi connectivity index (χ0) is 21.3. The van der Waals surface area contributed by atoms with Crippen molar-refractivity contribution in [2.45, 2.75) is 30.6 Å². The molecule has 2 aromatic rings. The fourth-order valence-corrected chi connectivity index (χ4v) is 5.76. The van der Waals surface area contributed by atoms with Crippen LogP contribution in [-0.2, 0) is 21.2 Å². The smallest absolute Gasteiger partial charge is 0.269 e. The van der Waals surface area contributed by atoms with Crippen LogP contribution < -0.4 is 4.90 Å². The van der Waals surface area contributed by atoms with Crippen LogP contribution in [0.25, 0.3) is 0 Å². The van der Waals surface area contributed by atoms with E-state index >= 15 is 0 Å². The monoisotopic (exact) mass is 429 g/mol. The summed E-state index contributed by atoms with van der Waals surface area (Å²) in [5.41, 5.74) is 1.90. The minimum Gasteiger partial charge on any atom is -0.312 e.